The highest BCUT2D eigenvalue weighted by Gasteiger charge is 2.31. The summed E-state index contributed by atoms with van der Waals surface area (Å²) in [4.78, 5) is 4.24. The Morgan fingerprint density at radius 3 is 2.33 bits per heavy atom. The first-order valence-corrected chi connectivity index (χ1v) is 3.31. The Hall–Kier alpha value is -0.370. The number of hydrogen-bond acceptors (Lipinski definition) is 2. The fourth-order valence-electron chi connectivity index (χ4n) is 1.22. The number of hydrogen-bond donors (Lipinski definition) is 1. The van der Waals surface area contributed by atoms with Crippen molar-refractivity contribution in [1.29, 1.82) is 0 Å². The fraction of sp³-hybridized carbons (Fsp3) is 0.857. The molecule has 0 fully saturated rings. The van der Waals surface area contributed by atoms with E-state index < -0.39 is 0 Å². The van der Waals surface area contributed by atoms with Crippen LogP contribution >= 0.6 is 0 Å². The van der Waals surface area contributed by atoms with Gasteiger partial charge in [-0.15, -0.1) is 0 Å². The molecule has 0 aromatic carbocycles. The summed E-state index contributed by atoms with van der Waals surface area (Å²) in [7, 11) is 0. The minimum Gasteiger partial charge on any atom is -0.309 e. The summed E-state index contributed by atoms with van der Waals surface area (Å²) in [6.07, 6.45) is 1.08. The third-order valence-corrected chi connectivity index (χ3v) is 1.87. The zero-order valence-electron chi connectivity index (χ0n) is 6.31. The lowest BCUT2D eigenvalue weighted by Gasteiger charge is -2.20. The topological polar surface area (TPSA) is 38.4 Å². The average molecular weight is 126 g/mol. The van der Waals surface area contributed by atoms with Crippen molar-refractivity contribution >= 4 is 5.71 Å². The summed E-state index contributed by atoms with van der Waals surface area (Å²) in [5, 5.41) is 0. The molecule has 0 aromatic heterocycles. The molecule has 1 heterocycles. The first-order valence-electron chi connectivity index (χ1n) is 3.31. The quantitative estimate of drug-likeness (QED) is 0.519. The lowest BCUT2D eigenvalue weighted by atomic mass is 9.88. The van der Waals surface area contributed by atoms with E-state index in [9.17, 15) is 0 Å². The van der Waals surface area contributed by atoms with Crippen LogP contribution in [0.2, 0.25) is 0 Å². The molecule has 0 spiro atoms. The average Bonchev–Trinajstić information content (AvgIpc) is 1.79. The molecule has 1 atom stereocenters. The highest BCUT2D eigenvalue weighted by Crippen LogP contribution is 2.30. The summed E-state index contributed by atoms with van der Waals surface area (Å²) >= 11 is 0. The van der Waals surface area contributed by atoms with E-state index in [2.05, 4.69) is 18.8 Å². The molecule has 0 saturated carbocycles. The van der Waals surface area contributed by atoms with Crippen molar-refractivity contribution in [1.82, 2.24) is 0 Å². The molecule has 9 heavy (non-hydrogen) atoms. The molecule has 52 valence electrons. The molecule has 0 amide bonds. The molecule has 0 aromatic rings. The van der Waals surface area contributed by atoms with Gasteiger partial charge in [-0.3, -0.25) is 4.99 Å². The Bertz CT molecular complexity index is 147. The smallest absolute Gasteiger partial charge is 0.102 e. The monoisotopic (exact) mass is 126 g/mol. The van der Waals surface area contributed by atoms with Gasteiger partial charge in [-0.2, -0.15) is 0 Å². The predicted octanol–water partition coefficient (Wildman–Crippen LogP) is 1.16. The van der Waals surface area contributed by atoms with Crippen LogP contribution in [0.15, 0.2) is 4.99 Å². The van der Waals surface area contributed by atoms with Crippen LogP contribution in [0.1, 0.15) is 27.2 Å². The molecule has 0 radical (unpaired) electrons. The zero-order valence-corrected chi connectivity index (χ0v) is 6.31. The summed E-state index contributed by atoms with van der Waals surface area (Å²) in [5.41, 5.74) is 7.10. The molecule has 0 bridgehead atoms. The van der Waals surface area contributed by atoms with Crippen LogP contribution in [0.3, 0.4) is 0 Å². The van der Waals surface area contributed by atoms with Crippen molar-refractivity contribution in [2.75, 3.05) is 0 Å². The highest BCUT2D eigenvalue weighted by atomic mass is 15.0. The Balaban J connectivity index is 2.71. The van der Waals surface area contributed by atoms with Crippen molar-refractivity contribution in [3.05, 3.63) is 0 Å². The van der Waals surface area contributed by atoms with E-state index in [4.69, 9.17) is 5.73 Å². The number of rotatable bonds is 0. The molecular weight excluding hydrogens is 112 g/mol. The third-order valence-electron chi connectivity index (χ3n) is 1.87. The molecule has 1 rings (SSSR count). The van der Waals surface area contributed by atoms with E-state index in [1.807, 2.05) is 6.92 Å². The van der Waals surface area contributed by atoms with E-state index in [0.717, 1.165) is 6.42 Å². The summed E-state index contributed by atoms with van der Waals surface area (Å²) < 4.78 is 0. The molecule has 2 nitrogen and oxygen atoms in total. The maximum absolute atomic E-state index is 5.72. The van der Waals surface area contributed by atoms with E-state index in [1.165, 1.54) is 5.71 Å². The van der Waals surface area contributed by atoms with E-state index >= 15 is 0 Å². The van der Waals surface area contributed by atoms with Gasteiger partial charge >= 0.3 is 0 Å². The predicted molar refractivity (Wildman–Crippen MR) is 39.5 cm³/mol. The largest absolute Gasteiger partial charge is 0.309 e. The van der Waals surface area contributed by atoms with Crippen LogP contribution in [0.25, 0.3) is 0 Å². The van der Waals surface area contributed by atoms with E-state index in [0.29, 0.717) is 0 Å². The van der Waals surface area contributed by atoms with Crippen LogP contribution in [-0.2, 0) is 0 Å². The van der Waals surface area contributed by atoms with Crippen molar-refractivity contribution in [3.8, 4) is 0 Å². The molecule has 0 saturated heterocycles. The first-order chi connectivity index (χ1) is 4.02. The van der Waals surface area contributed by atoms with E-state index in [-0.39, 0.29) is 11.6 Å². The van der Waals surface area contributed by atoms with Gasteiger partial charge in [0.1, 0.15) is 6.17 Å². The molecule has 1 aliphatic heterocycles. The Kier molecular flexibility index (Phi) is 1.35. The van der Waals surface area contributed by atoms with Crippen LogP contribution < -0.4 is 5.73 Å². The SMILES string of the molecule is CC1=NC(N)C(C)(C)C1. The van der Waals surface area contributed by atoms with Gasteiger partial charge in [0, 0.05) is 11.1 Å². The summed E-state index contributed by atoms with van der Waals surface area (Å²) in [6, 6.07) is 0. The maximum atomic E-state index is 5.72. The Morgan fingerprint density at radius 1 is 1.67 bits per heavy atom. The molecule has 2 N–H and O–H groups in total. The summed E-state index contributed by atoms with van der Waals surface area (Å²) in [6.45, 7) is 6.34. The summed E-state index contributed by atoms with van der Waals surface area (Å²) in [5.74, 6) is 0. The number of nitrogens with zero attached hydrogens (tertiary/aromatic N) is 1. The molecule has 0 aliphatic carbocycles. The lowest BCUT2D eigenvalue weighted by molar-refractivity contribution is 0.330. The Labute approximate surface area is 56.2 Å². The second kappa shape index (κ2) is 1.81. The van der Waals surface area contributed by atoms with Gasteiger partial charge in [-0.25, -0.2) is 0 Å². The number of aliphatic imine (C=N–C) groups is 1. The molecule has 1 unspecified atom stereocenters. The fourth-order valence-corrected chi connectivity index (χ4v) is 1.22. The third kappa shape index (κ3) is 1.13. The van der Waals surface area contributed by atoms with Gasteiger partial charge in [-0.1, -0.05) is 13.8 Å². The molecular formula is C7H14N2. The normalized spacial score (nSPS) is 32.4. The Morgan fingerprint density at radius 2 is 2.22 bits per heavy atom. The molecule has 2 heteroatoms. The first kappa shape index (κ1) is 6.75. The molecule has 1 aliphatic rings. The standard InChI is InChI=1S/C7H14N2/c1-5-4-7(2,3)6(8)9-5/h6H,4,8H2,1-3H3. The van der Waals surface area contributed by atoms with E-state index in [1.54, 1.807) is 0 Å². The number of nitrogens with two attached hydrogens (primary N) is 1. The van der Waals surface area contributed by atoms with Gasteiger partial charge in [0.15, 0.2) is 0 Å². The van der Waals surface area contributed by atoms with Gasteiger partial charge in [0.05, 0.1) is 0 Å². The highest BCUT2D eigenvalue weighted by molar-refractivity contribution is 5.84. The lowest BCUT2D eigenvalue weighted by Crippen LogP contribution is -2.31. The second-order valence-corrected chi connectivity index (χ2v) is 3.47. The van der Waals surface area contributed by atoms with Crippen molar-refractivity contribution < 1.29 is 0 Å². The van der Waals surface area contributed by atoms with Gasteiger partial charge in [-0.05, 0) is 13.3 Å². The maximum Gasteiger partial charge on any atom is 0.102 e. The van der Waals surface area contributed by atoms with Crippen LogP contribution in [-0.4, -0.2) is 11.9 Å². The van der Waals surface area contributed by atoms with Gasteiger partial charge in [0.2, 0.25) is 0 Å². The second-order valence-electron chi connectivity index (χ2n) is 3.47. The van der Waals surface area contributed by atoms with Gasteiger partial charge < -0.3 is 5.73 Å². The van der Waals surface area contributed by atoms with Crippen molar-refractivity contribution in [2.45, 2.75) is 33.4 Å². The minimum atomic E-state index is 0.0255. The zero-order chi connectivity index (χ0) is 7.07. The van der Waals surface area contributed by atoms with Gasteiger partial charge in [0.25, 0.3) is 0 Å². The van der Waals surface area contributed by atoms with Crippen LogP contribution in [0.4, 0.5) is 0 Å². The van der Waals surface area contributed by atoms with Crippen molar-refractivity contribution in [2.24, 2.45) is 16.1 Å². The van der Waals surface area contributed by atoms with Crippen LogP contribution in [0, 0.1) is 5.41 Å². The minimum absolute atomic E-state index is 0.0255. The van der Waals surface area contributed by atoms with Crippen LogP contribution in [0.5, 0.6) is 0 Å². The van der Waals surface area contributed by atoms with Crippen molar-refractivity contribution in [3.63, 3.8) is 0 Å².